The molecule has 0 saturated carbocycles. The quantitative estimate of drug-likeness (QED) is 0.337. The minimum absolute atomic E-state index is 0.138. The number of nitrogens with zero attached hydrogens (tertiary/aromatic N) is 1. The highest BCUT2D eigenvalue weighted by Crippen LogP contribution is 2.27. The Bertz CT molecular complexity index is 863. The van der Waals surface area contributed by atoms with Crippen molar-refractivity contribution in [1.29, 1.82) is 0 Å². The summed E-state index contributed by atoms with van der Waals surface area (Å²) in [5.74, 6) is 1.71. The van der Waals surface area contributed by atoms with Gasteiger partial charge in [-0.25, -0.2) is 0 Å². The van der Waals surface area contributed by atoms with Crippen molar-refractivity contribution in [2.24, 2.45) is 0 Å². The molecule has 0 spiro atoms. The summed E-state index contributed by atoms with van der Waals surface area (Å²) in [4.78, 5) is 11.7. The summed E-state index contributed by atoms with van der Waals surface area (Å²) in [5.41, 5.74) is 3.35. The van der Waals surface area contributed by atoms with Crippen molar-refractivity contribution in [2.45, 2.75) is 39.5 Å². The van der Waals surface area contributed by atoms with E-state index in [0.29, 0.717) is 12.2 Å². The fourth-order valence-electron chi connectivity index (χ4n) is 2.84. The first kappa shape index (κ1) is 18.9. The fourth-order valence-corrected chi connectivity index (χ4v) is 2.84. The van der Waals surface area contributed by atoms with E-state index in [9.17, 15) is 4.79 Å². The number of benzene rings is 2. The summed E-state index contributed by atoms with van der Waals surface area (Å²) in [7, 11) is 0. The Morgan fingerprint density at radius 1 is 0.963 bits per heavy atom. The second-order valence-electron chi connectivity index (χ2n) is 6.51. The molecule has 0 bridgehead atoms. The number of ketones is 1. The van der Waals surface area contributed by atoms with E-state index >= 15 is 0 Å². The Hall–Kier alpha value is -2.88. The van der Waals surface area contributed by atoms with Crippen LogP contribution in [-0.4, -0.2) is 17.5 Å². The minimum Gasteiger partial charge on any atom is -0.494 e. The molecule has 0 fully saturated rings. The summed E-state index contributed by atoms with van der Waals surface area (Å²) < 4.78 is 11.2. The maximum absolute atomic E-state index is 11.7. The summed E-state index contributed by atoms with van der Waals surface area (Å²) >= 11 is 0. The topological polar surface area (TPSA) is 52.3 Å². The van der Waals surface area contributed by atoms with Crippen molar-refractivity contribution >= 4 is 5.78 Å². The lowest BCUT2D eigenvalue weighted by molar-refractivity contribution is 0.0988. The Kier molecular flexibility index (Phi) is 6.42. The smallest absolute Gasteiger partial charge is 0.167 e. The molecule has 27 heavy (non-hydrogen) atoms. The highest BCUT2D eigenvalue weighted by atomic mass is 16.5. The zero-order chi connectivity index (χ0) is 19.1. The maximum Gasteiger partial charge on any atom is 0.167 e. The Balaban J connectivity index is 1.67. The largest absolute Gasteiger partial charge is 0.494 e. The van der Waals surface area contributed by atoms with E-state index in [1.165, 1.54) is 12.8 Å². The van der Waals surface area contributed by atoms with Crippen LogP contribution in [-0.2, 0) is 0 Å². The molecule has 4 nitrogen and oxygen atoms in total. The molecule has 0 N–H and O–H groups in total. The van der Waals surface area contributed by atoms with Crippen LogP contribution in [0.15, 0.2) is 59.1 Å². The van der Waals surface area contributed by atoms with Crippen molar-refractivity contribution in [1.82, 2.24) is 5.16 Å². The van der Waals surface area contributed by atoms with Crippen molar-refractivity contribution < 1.29 is 14.1 Å². The zero-order valence-corrected chi connectivity index (χ0v) is 15.9. The summed E-state index contributed by atoms with van der Waals surface area (Å²) in [5, 5.41) is 4.16. The minimum atomic E-state index is 0.138. The lowest BCUT2D eigenvalue weighted by Crippen LogP contribution is -1.96. The van der Waals surface area contributed by atoms with Crippen molar-refractivity contribution in [2.75, 3.05) is 6.61 Å². The van der Waals surface area contributed by atoms with Gasteiger partial charge in [0.05, 0.1) is 6.61 Å². The first-order chi connectivity index (χ1) is 13.2. The zero-order valence-electron chi connectivity index (χ0n) is 15.9. The molecule has 0 unspecified atom stereocenters. The van der Waals surface area contributed by atoms with Crippen LogP contribution in [0.3, 0.4) is 0 Å². The molecular formula is C23H25NO3. The molecule has 3 aromatic rings. The van der Waals surface area contributed by atoms with Crippen LogP contribution in [0.1, 0.15) is 49.9 Å². The number of carbonyl (C=O) groups is 1. The van der Waals surface area contributed by atoms with E-state index in [1.54, 1.807) is 0 Å². The molecule has 1 heterocycles. The average Bonchev–Trinajstić information content (AvgIpc) is 3.21. The predicted octanol–water partition coefficient (Wildman–Crippen LogP) is 6.17. The number of unbranched alkanes of at least 4 members (excludes halogenated alkanes) is 2. The molecular weight excluding hydrogens is 338 g/mol. The van der Waals surface area contributed by atoms with E-state index in [-0.39, 0.29) is 5.78 Å². The Morgan fingerprint density at radius 2 is 1.67 bits per heavy atom. The fraction of sp³-hybridized carbons (Fsp3) is 0.304. The number of aromatic nitrogens is 1. The van der Waals surface area contributed by atoms with Gasteiger partial charge in [-0.05, 0) is 30.7 Å². The summed E-state index contributed by atoms with van der Waals surface area (Å²) in [6.07, 6.45) is 3.96. The number of ether oxygens (including phenoxy) is 1. The maximum atomic E-state index is 11.7. The van der Waals surface area contributed by atoms with E-state index in [1.807, 2.05) is 61.5 Å². The number of carbonyl (C=O) groups excluding carboxylic acids is 1. The van der Waals surface area contributed by atoms with E-state index < -0.39 is 0 Å². The van der Waals surface area contributed by atoms with Gasteiger partial charge in [0.2, 0.25) is 0 Å². The Morgan fingerprint density at radius 3 is 2.33 bits per heavy atom. The molecule has 0 aliphatic heterocycles. The van der Waals surface area contributed by atoms with Gasteiger partial charge < -0.3 is 9.26 Å². The van der Waals surface area contributed by atoms with Crippen molar-refractivity contribution in [3.8, 4) is 28.3 Å². The van der Waals surface area contributed by atoms with E-state index in [4.69, 9.17) is 9.26 Å². The molecule has 0 radical (unpaired) electrons. The molecule has 140 valence electrons. The second kappa shape index (κ2) is 9.17. The number of rotatable bonds is 9. The lowest BCUT2D eigenvalue weighted by atomic mass is 10.0. The van der Waals surface area contributed by atoms with Gasteiger partial charge >= 0.3 is 0 Å². The summed E-state index contributed by atoms with van der Waals surface area (Å²) in [6, 6.07) is 17.2. The van der Waals surface area contributed by atoms with Crippen LogP contribution in [0.25, 0.3) is 22.6 Å². The van der Waals surface area contributed by atoms with E-state index in [2.05, 4.69) is 12.1 Å². The first-order valence-corrected chi connectivity index (χ1v) is 9.55. The molecule has 0 atom stereocenters. The third-order valence-corrected chi connectivity index (χ3v) is 4.49. The van der Waals surface area contributed by atoms with Crippen LogP contribution >= 0.6 is 0 Å². The SMILES string of the molecule is CCCCCOc1ccc(-c2cc(-c3ccc(C(=O)CC)cc3)no2)cc1. The van der Waals surface area contributed by atoms with Crippen molar-refractivity contribution in [3.05, 3.63) is 60.2 Å². The van der Waals surface area contributed by atoms with Gasteiger partial charge in [0.1, 0.15) is 11.4 Å². The average molecular weight is 363 g/mol. The number of hydrogen-bond donors (Lipinski definition) is 0. The van der Waals surface area contributed by atoms with Crippen molar-refractivity contribution in [3.63, 3.8) is 0 Å². The number of Topliss-reactive ketones (excluding diaryl/α,β-unsaturated/α-hetero) is 1. The van der Waals surface area contributed by atoms with Gasteiger partial charge in [0.25, 0.3) is 0 Å². The predicted molar refractivity (Wildman–Crippen MR) is 107 cm³/mol. The lowest BCUT2D eigenvalue weighted by Gasteiger charge is -2.05. The highest BCUT2D eigenvalue weighted by molar-refractivity contribution is 5.96. The molecule has 0 aliphatic carbocycles. The molecule has 1 aromatic heterocycles. The molecule has 3 rings (SSSR count). The highest BCUT2D eigenvalue weighted by Gasteiger charge is 2.10. The van der Waals surface area contributed by atoms with Gasteiger partial charge in [-0.2, -0.15) is 0 Å². The molecule has 0 aliphatic rings. The Labute approximate surface area is 160 Å². The van der Waals surface area contributed by atoms with Gasteiger partial charge in [-0.15, -0.1) is 0 Å². The van der Waals surface area contributed by atoms with Gasteiger partial charge in [0, 0.05) is 29.2 Å². The second-order valence-corrected chi connectivity index (χ2v) is 6.51. The van der Waals surface area contributed by atoms with Crippen LogP contribution in [0.4, 0.5) is 0 Å². The third-order valence-electron chi connectivity index (χ3n) is 4.49. The summed E-state index contributed by atoms with van der Waals surface area (Å²) in [6.45, 7) is 4.79. The standard InChI is InChI=1S/C23H25NO3/c1-3-5-6-15-26-20-13-11-19(12-14-20)23-16-21(24-27-23)17-7-9-18(10-8-17)22(25)4-2/h7-14,16H,3-6,15H2,1-2H3. The van der Waals surface area contributed by atoms with Crippen LogP contribution < -0.4 is 4.74 Å². The molecule has 4 heteroatoms. The molecule has 2 aromatic carbocycles. The third kappa shape index (κ3) is 4.85. The van der Waals surface area contributed by atoms with Gasteiger partial charge in [0.15, 0.2) is 11.5 Å². The number of hydrogen-bond acceptors (Lipinski definition) is 4. The van der Waals surface area contributed by atoms with Crippen LogP contribution in [0.2, 0.25) is 0 Å². The molecule has 0 saturated heterocycles. The van der Waals surface area contributed by atoms with Gasteiger partial charge in [-0.3, -0.25) is 4.79 Å². The first-order valence-electron chi connectivity index (χ1n) is 9.55. The van der Waals surface area contributed by atoms with Gasteiger partial charge in [-0.1, -0.05) is 56.1 Å². The van der Waals surface area contributed by atoms with E-state index in [0.717, 1.165) is 41.2 Å². The molecule has 0 amide bonds. The van der Waals surface area contributed by atoms with Crippen LogP contribution in [0.5, 0.6) is 5.75 Å². The monoisotopic (exact) mass is 363 g/mol. The van der Waals surface area contributed by atoms with Crippen LogP contribution in [0, 0.1) is 0 Å². The normalized spacial score (nSPS) is 10.7.